The fraction of sp³-hybridized carbons (Fsp3) is 0. The molecular weight excluding hydrogens is 805 g/mol. The second kappa shape index (κ2) is 14.3. The van der Waals surface area contributed by atoms with Crippen molar-refractivity contribution in [2.45, 2.75) is 0 Å². The Balaban J connectivity index is 1.08. The molecule has 66 heavy (non-hydrogen) atoms. The Labute approximate surface area is 378 Å². The molecule has 0 amide bonds. The molecule has 306 valence electrons. The molecule has 0 saturated carbocycles. The van der Waals surface area contributed by atoms with E-state index in [0.717, 1.165) is 88.0 Å². The standard InChI is InChI=1S/C61H36N4O/c1-3-15-40-32-44(26-24-37(40)12-1)59-62-60(45-27-25-38-13-2-4-16-41(38)33-45)64-61(63-59)49-30-29-46(36-51(49)48-21-11-23-56-58(48)50-20-9-10-22-55(50)66-56)65-53-31-28-39-14-7-8-19-47(39)57(53)52-34-42-17-5-6-18-43(42)35-54(52)65/h1-36H. The molecule has 0 atom stereocenters. The lowest BCUT2D eigenvalue weighted by Crippen LogP contribution is -2.02. The van der Waals surface area contributed by atoms with Crippen LogP contribution in [-0.2, 0) is 0 Å². The maximum absolute atomic E-state index is 6.54. The van der Waals surface area contributed by atoms with Gasteiger partial charge in [-0.05, 0) is 115 Å². The number of benzene rings is 11. The van der Waals surface area contributed by atoms with Crippen LogP contribution in [-0.4, -0.2) is 19.5 Å². The molecule has 0 radical (unpaired) electrons. The molecule has 0 saturated heterocycles. The predicted molar refractivity (Wildman–Crippen MR) is 273 cm³/mol. The van der Waals surface area contributed by atoms with Crippen LogP contribution in [0.4, 0.5) is 0 Å². The van der Waals surface area contributed by atoms with Gasteiger partial charge in [0, 0.05) is 43.9 Å². The first kappa shape index (κ1) is 36.5. The summed E-state index contributed by atoms with van der Waals surface area (Å²) in [5, 5.41) is 14.0. The Morgan fingerprint density at radius 3 is 1.58 bits per heavy atom. The van der Waals surface area contributed by atoms with Gasteiger partial charge in [0.05, 0.1) is 11.0 Å². The third kappa shape index (κ3) is 5.70. The molecule has 3 aromatic heterocycles. The van der Waals surface area contributed by atoms with E-state index in [0.29, 0.717) is 17.5 Å². The smallest absolute Gasteiger partial charge is 0.164 e. The molecule has 0 fully saturated rings. The second-order valence-electron chi connectivity index (χ2n) is 17.2. The Morgan fingerprint density at radius 2 is 0.864 bits per heavy atom. The number of hydrogen-bond acceptors (Lipinski definition) is 4. The zero-order valence-corrected chi connectivity index (χ0v) is 35.5. The Hall–Kier alpha value is -8.93. The van der Waals surface area contributed by atoms with Gasteiger partial charge in [-0.1, -0.05) is 158 Å². The first-order chi connectivity index (χ1) is 32.7. The summed E-state index contributed by atoms with van der Waals surface area (Å²) in [7, 11) is 0. The fourth-order valence-corrected chi connectivity index (χ4v) is 10.3. The molecule has 0 N–H and O–H groups in total. The van der Waals surface area contributed by atoms with Gasteiger partial charge in [0.2, 0.25) is 0 Å². The summed E-state index contributed by atoms with van der Waals surface area (Å²) >= 11 is 0. The highest BCUT2D eigenvalue weighted by atomic mass is 16.3. The maximum Gasteiger partial charge on any atom is 0.164 e. The van der Waals surface area contributed by atoms with Crippen molar-refractivity contribution < 1.29 is 4.42 Å². The highest BCUT2D eigenvalue weighted by Crippen LogP contribution is 2.44. The van der Waals surface area contributed by atoms with Gasteiger partial charge >= 0.3 is 0 Å². The van der Waals surface area contributed by atoms with E-state index in [9.17, 15) is 0 Å². The molecule has 11 aromatic carbocycles. The number of aromatic nitrogens is 4. The minimum atomic E-state index is 0.585. The topological polar surface area (TPSA) is 56.7 Å². The second-order valence-corrected chi connectivity index (χ2v) is 17.2. The van der Waals surface area contributed by atoms with Crippen LogP contribution in [0.15, 0.2) is 223 Å². The molecule has 0 bridgehead atoms. The van der Waals surface area contributed by atoms with Crippen molar-refractivity contribution in [3.05, 3.63) is 218 Å². The summed E-state index contributed by atoms with van der Waals surface area (Å²) in [4.78, 5) is 16.0. The van der Waals surface area contributed by atoms with Crippen molar-refractivity contribution in [3.63, 3.8) is 0 Å². The molecule has 0 aliphatic heterocycles. The lowest BCUT2D eigenvalue weighted by atomic mass is 9.94. The zero-order chi connectivity index (χ0) is 43.3. The Kier molecular flexibility index (Phi) is 7.91. The molecule has 5 nitrogen and oxygen atoms in total. The first-order valence-electron chi connectivity index (χ1n) is 22.3. The monoisotopic (exact) mass is 840 g/mol. The van der Waals surface area contributed by atoms with Gasteiger partial charge in [-0.25, -0.2) is 15.0 Å². The van der Waals surface area contributed by atoms with Crippen LogP contribution < -0.4 is 0 Å². The Bertz CT molecular complexity index is 4210. The predicted octanol–water partition coefficient (Wildman–Crippen LogP) is 16.1. The molecular formula is C61H36N4O. The number of fused-ring (bicyclic) bond motifs is 11. The number of para-hydroxylation sites is 1. The van der Waals surface area contributed by atoms with Crippen molar-refractivity contribution in [2.24, 2.45) is 0 Å². The van der Waals surface area contributed by atoms with Crippen molar-refractivity contribution in [1.82, 2.24) is 19.5 Å². The van der Waals surface area contributed by atoms with Crippen LogP contribution in [0, 0.1) is 0 Å². The molecule has 14 rings (SSSR count). The van der Waals surface area contributed by atoms with E-state index < -0.39 is 0 Å². The minimum Gasteiger partial charge on any atom is -0.456 e. The van der Waals surface area contributed by atoms with Crippen molar-refractivity contribution >= 4 is 86.8 Å². The normalized spacial score (nSPS) is 11.9. The number of rotatable bonds is 5. The molecule has 0 unspecified atom stereocenters. The molecule has 0 spiro atoms. The molecule has 14 aromatic rings. The summed E-state index contributed by atoms with van der Waals surface area (Å²) < 4.78 is 8.97. The third-order valence-electron chi connectivity index (χ3n) is 13.4. The van der Waals surface area contributed by atoms with Gasteiger partial charge in [-0.15, -0.1) is 0 Å². The minimum absolute atomic E-state index is 0.585. The average Bonchev–Trinajstić information content (AvgIpc) is 3.93. The molecule has 0 aliphatic carbocycles. The van der Waals surface area contributed by atoms with Gasteiger partial charge in [0.25, 0.3) is 0 Å². The van der Waals surface area contributed by atoms with Crippen LogP contribution in [0.1, 0.15) is 0 Å². The quantitative estimate of drug-likeness (QED) is 0.173. The van der Waals surface area contributed by atoms with E-state index in [1.54, 1.807) is 0 Å². The van der Waals surface area contributed by atoms with Gasteiger partial charge < -0.3 is 8.98 Å². The summed E-state index contributed by atoms with van der Waals surface area (Å²) in [6.07, 6.45) is 0. The number of hydrogen-bond donors (Lipinski definition) is 0. The largest absolute Gasteiger partial charge is 0.456 e. The summed E-state index contributed by atoms with van der Waals surface area (Å²) in [5.41, 5.74) is 9.73. The van der Waals surface area contributed by atoms with Gasteiger partial charge in [0.1, 0.15) is 11.2 Å². The lowest BCUT2D eigenvalue weighted by molar-refractivity contribution is 0.669. The molecule has 0 aliphatic rings. The van der Waals surface area contributed by atoms with Crippen molar-refractivity contribution in [1.29, 1.82) is 0 Å². The SMILES string of the molecule is c1ccc2cc(-c3nc(-c4ccc5ccccc5c4)nc(-c4ccc(-n5c6cc7ccccc7cc6c6c7ccccc7ccc65)cc4-c4cccc5oc6ccccc6c45)n3)ccc2c1. The first-order valence-corrected chi connectivity index (χ1v) is 22.3. The third-order valence-corrected chi connectivity index (χ3v) is 13.4. The zero-order valence-electron chi connectivity index (χ0n) is 35.5. The highest BCUT2D eigenvalue weighted by molar-refractivity contribution is 6.23. The van der Waals surface area contributed by atoms with Gasteiger partial charge in [-0.3, -0.25) is 0 Å². The van der Waals surface area contributed by atoms with Gasteiger partial charge in [0.15, 0.2) is 17.5 Å². The van der Waals surface area contributed by atoms with Crippen molar-refractivity contribution in [2.75, 3.05) is 0 Å². The average molecular weight is 841 g/mol. The molecule has 5 heteroatoms. The summed E-state index contributed by atoms with van der Waals surface area (Å²) in [5.74, 6) is 1.80. The summed E-state index contributed by atoms with van der Waals surface area (Å²) in [6, 6.07) is 77.7. The summed E-state index contributed by atoms with van der Waals surface area (Å²) in [6.45, 7) is 0. The molecule has 3 heterocycles. The van der Waals surface area contributed by atoms with E-state index in [2.05, 4.69) is 211 Å². The van der Waals surface area contributed by atoms with E-state index in [4.69, 9.17) is 19.4 Å². The van der Waals surface area contributed by atoms with Gasteiger partial charge in [-0.2, -0.15) is 0 Å². The van der Waals surface area contributed by atoms with Crippen LogP contribution >= 0.6 is 0 Å². The van der Waals surface area contributed by atoms with E-state index in [-0.39, 0.29) is 0 Å². The van der Waals surface area contributed by atoms with E-state index in [1.165, 1.54) is 32.3 Å². The van der Waals surface area contributed by atoms with Crippen molar-refractivity contribution in [3.8, 4) is 51.0 Å². The fourth-order valence-electron chi connectivity index (χ4n) is 10.3. The maximum atomic E-state index is 6.54. The van der Waals surface area contributed by atoms with Crippen LogP contribution in [0.5, 0.6) is 0 Å². The van der Waals surface area contributed by atoms with Crippen LogP contribution in [0.2, 0.25) is 0 Å². The van der Waals surface area contributed by atoms with Crippen LogP contribution in [0.3, 0.4) is 0 Å². The van der Waals surface area contributed by atoms with E-state index in [1.807, 2.05) is 12.1 Å². The van der Waals surface area contributed by atoms with Crippen LogP contribution in [0.25, 0.3) is 138 Å². The lowest BCUT2D eigenvalue weighted by Gasteiger charge is -2.16. The van der Waals surface area contributed by atoms with E-state index >= 15 is 0 Å². The Morgan fingerprint density at radius 1 is 0.303 bits per heavy atom. The number of nitrogens with zero attached hydrogens (tertiary/aromatic N) is 4. The highest BCUT2D eigenvalue weighted by Gasteiger charge is 2.23. The number of furan rings is 1.